The van der Waals surface area contributed by atoms with Crippen LogP contribution in [0.15, 0.2) is 36.5 Å². The van der Waals surface area contributed by atoms with Gasteiger partial charge in [-0.2, -0.15) is 5.10 Å². The van der Waals surface area contributed by atoms with Crippen LogP contribution < -0.4 is 10.2 Å². The molecule has 166 valence electrons. The van der Waals surface area contributed by atoms with E-state index in [1.165, 1.54) is 0 Å². The molecule has 6 nitrogen and oxygen atoms in total. The van der Waals surface area contributed by atoms with Gasteiger partial charge in [0, 0.05) is 17.8 Å². The number of quaternary nitrogens is 1. The van der Waals surface area contributed by atoms with Gasteiger partial charge in [-0.1, -0.05) is 37.3 Å². The third-order valence-electron chi connectivity index (χ3n) is 6.11. The molecule has 2 N–H and O–H groups in total. The van der Waals surface area contributed by atoms with Crippen LogP contribution in [0.3, 0.4) is 0 Å². The average Bonchev–Trinajstić information content (AvgIpc) is 3.12. The number of aromatic nitrogens is 3. The summed E-state index contributed by atoms with van der Waals surface area (Å²) in [5.74, 6) is -0.0663. The van der Waals surface area contributed by atoms with E-state index in [1.54, 1.807) is 11.1 Å². The van der Waals surface area contributed by atoms with E-state index >= 15 is 0 Å². The summed E-state index contributed by atoms with van der Waals surface area (Å²) in [6, 6.07) is 10.3. The molecule has 1 aromatic carbocycles. The van der Waals surface area contributed by atoms with Crippen molar-refractivity contribution in [3.05, 3.63) is 53.5 Å². The van der Waals surface area contributed by atoms with Crippen LogP contribution in [0.2, 0.25) is 0 Å². The van der Waals surface area contributed by atoms with Gasteiger partial charge in [0.25, 0.3) is 5.91 Å². The van der Waals surface area contributed by atoms with E-state index in [1.807, 2.05) is 29.6 Å². The Labute approximate surface area is 185 Å². The van der Waals surface area contributed by atoms with Crippen molar-refractivity contribution in [1.29, 1.82) is 0 Å². The molecule has 0 bridgehead atoms. The summed E-state index contributed by atoms with van der Waals surface area (Å²) >= 11 is 0. The van der Waals surface area contributed by atoms with Gasteiger partial charge in [-0.15, -0.1) is 0 Å². The van der Waals surface area contributed by atoms with Gasteiger partial charge in [0.2, 0.25) is 0 Å². The first kappa shape index (κ1) is 22.9. The zero-order valence-electron chi connectivity index (χ0n) is 19.5. The van der Waals surface area contributed by atoms with E-state index in [4.69, 9.17) is 5.10 Å². The summed E-state index contributed by atoms with van der Waals surface area (Å²) in [5.41, 5.74) is 5.33. The zero-order valence-corrected chi connectivity index (χ0v) is 19.5. The molecule has 0 saturated carbocycles. The van der Waals surface area contributed by atoms with Gasteiger partial charge in [0.15, 0.2) is 5.65 Å². The number of carbonyl (C=O) groups excluding carboxylic acids is 1. The topological polar surface area (TPSA) is 63.7 Å². The van der Waals surface area contributed by atoms with Crippen LogP contribution in [0, 0.1) is 6.92 Å². The van der Waals surface area contributed by atoms with Gasteiger partial charge in [0.1, 0.15) is 0 Å². The Morgan fingerprint density at radius 3 is 2.52 bits per heavy atom. The molecular formula is C25H36N5O+. The third-order valence-corrected chi connectivity index (χ3v) is 6.11. The minimum atomic E-state index is -0.0663. The van der Waals surface area contributed by atoms with E-state index in [2.05, 4.69) is 50.1 Å². The van der Waals surface area contributed by atoms with Gasteiger partial charge >= 0.3 is 0 Å². The number of hydrogen-bond donors (Lipinski definition) is 2. The number of benzene rings is 1. The van der Waals surface area contributed by atoms with Crippen molar-refractivity contribution in [2.45, 2.75) is 59.9 Å². The fraction of sp³-hybridized carbons (Fsp3) is 0.480. The van der Waals surface area contributed by atoms with Gasteiger partial charge in [-0.25, -0.2) is 9.50 Å². The van der Waals surface area contributed by atoms with E-state index in [0.717, 1.165) is 60.6 Å². The summed E-state index contributed by atoms with van der Waals surface area (Å²) in [6.07, 6.45) is 4.50. The van der Waals surface area contributed by atoms with E-state index < -0.39 is 0 Å². The summed E-state index contributed by atoms with van der Waals surface area (Å²) in [5, 5.41) is 7.91. The smallest absolute Gasteiger partial charge is 0.254 e. The number of rotatable bonds is 10. The molecule has 2 heterocycles. The predicted octanol–water partition coefficient (Wildman–Crippen LogP) is 3.09. The number of hydrogen-bond acceptors (Lipinski definition) is 3. The quantitative estimate of drug-likeness (QED) is 0.528. The monoisotopic (exact) mass is 422 g/mol. The second-order valence-electron chi connectivity index (χ2n) is 8.26. The molecule has 31 heavy (non-hydrogen) atoms. The first-order chi connectivity index (χ1) is 15.0. The van der Waals surface area contributed by atoms with Crippen LogP contribution in [0.1, 0.15) is 62.3 Å². The normalized spacial score (nSPS) is 12.5. The lowest BCUT2D eigenvalue weighted by molar-refractivity contribution is -0.896. The minimum absolute atomic E-state index is 0.0663. The Morgan fingerprint density at radius 2 is 1.87 bits per heavy atom. The minimum Gasteiger partial charge on any atom is -0.349 e. The van der Waals surface area contributed by atoms with Crippen LogP contribution >= 0.6 is 0 Å². The number of aryl methyl sites for hydroxylation is 2. The standard InChI is InChI=1S/C25H35N5O/c1-6-22-21(25(31)27-18(4)13-12-16-29(7-2)8-3)17-26-24-23(19(5)28-30(22)24)20-14-10-9-11-15-20/h9-11,14-15,17-18H,6-8,12-13,16H2,1-5H3,(H,27,31)/p+1/t18-/m0/s1. The summed E-state index contributed by atoms with van der Waals surface area (Å²) in [4.78, 5) is 19.3. The van der Waals surface area contributed by atoms with Crippen LogP contribution in [-0.4, -0.2) is 46.2 Å². The fourth-order valence-corrected chi connectivity index (χ4v) is 4.25. The fourth-order valence-electron chi connectivity index (χ4n) is 4.25. The van der Waals surface area contributed by atoms with Crippen molar-refractivity contribution < 1.29 is 9.69 Å². The molecular weight excluding hydrogens is 386 g/mol. The van der Waals surface area contributed by atoms with Crippen molar-refractivity contribution in [1.82, 2.24) is 19.9 Å². The summed E-state index contributed by atoms with van der Waals surface area (Å²) < 4.78 is 1.85. The molecule has 0 saturated heterocycles. The summed E-state index contributed by atoms with van der Waals surface area (Å²) in [6.45, 7) is 14.0. The largest absolute Gasteiger partial charge is 0.349 e. The lowest BCUT2D eigenvalue weighted by atomic mass is 10.1. The molecule has 0 spiro atoms. The van der Waals surface area contributed by atoms with Gasteiger partial charge in [-0.3, -0.25) is 4.79 Å². The Hall–Kier alpha value is -2.73. The number of amides is 1. The first-order valence-corrected chi connectivity index (χ1v) is 11.6. The highest BCUT2D eigenvalue weighted by atomic mass is 16.1. The molecule has 0 aliphatic heterocycles. The van der Waals surface area contributed by atoms with Gasteiger partial charge in [0.05, 0.1) is 36.6 Å². The number of nitrogens with zero attached hydrogens (tertiary/aromatic N) is 3. The maximum Gasteiger partial charge on any atom is 0.254 e. The molecule has 3 aromatic rings. The predicted molar refractivity (Wildman–Crippen MR) is 126 cm³/mol. The first-order valence-electron chi connectivity index (χ1n) is 11.6. The maximum absolute atomic E-state index is 13.1. The number of fused-ring (bicyclic) bond motifs is 1. The van der Waals surface area contributed by atoms with Crippen molar-refractivity contribution in [3.63, 3.8) is 0 Å². The molecule has 0 aliphatic rings. The molecule has 3 rings (SSSR count). The van der Waals surface area contributed by atoms with Crippen molar-refractivity contribution in [2.24, 2.45) is 0 Å². The Balaban J connectivity index is 1.80. The Kier molecular flexibility index (Phi) is 7.80. The molecule has 1 atom stereocenters. The average molecular weight is 423 g/mol. The SMILES string of the molecule is CCc1c(C(=O)N[C@@H](C)CCC[NH+](CC)CC)cnc2c(-c3ccccc3)c(C)nn12. The van der Waals surface area contributed by atoms with Crippen LogP contribution in [0.5, 0.6) is 0 Å². The molecule has 0 radical (unpaired) electrons. The van der Waals surface area contributed by atoms with E-state index in [-0.39, 0.29) is 11.9 Å². The molecule has 6 heteroatoms. The van der Waals surface area contributed by atoms with E-state index in [9.17, 15) is 4.79 Å². The molecule has 1 amide bonds. The lowest BCUT2D eigenvalue weighted by Gasteiger charge is -2.18. The number of carbonyl (C=O) groups is 1. The third kappa shape index (κ3) is 5.13. The highest BCUT2D eigenvalue weighted by Crippen LogP contribution is 2.28. The molecule has 0 aliphatic carbocycles. The van der Waals surface area contributed by atoms with Crippen LogP contribution in [0.25, 0.3) is 16.8 Å². The zero-order chi connectivity index (χ0) is 22.4. The van der Waals surface area contributed by atoms with Crippen LogP contribution in [0.4, 0.5) is 0 Å². The summed E-state index contributed by atoms with van der Waals surface area (Å²) in [7, 11) is 0. The van der Waals surface area contributed by atoms with Gasteiger partial charge in [-0.05, 0) is 52.5 Å². The van der Waals surface area contributed by atoms with Crippen molar-refractivity contribution in [2.75, 3.05) is 19.6 Å². The Bertz CT molecular complexity index is 1010. The van der Waals surface area contributed by atoms with E-state index in [0.29, 0.717) is 12.0 Å². The molecule has 0 unspecified atom stereocenters. The van der Waals surface area contributed by atoms with Crippen molar-refractivity contribution in [3.8, 4) is 11.1 Å². The highest BCUT2D eigenvalue weighted by molar-refractivity contribution is 5.96. The van der Waals surface area contributed by atoms with Crippen molar-refractivity contribution >= 4 is 11.6 Å². The lowest BCUT2D eigenvalue weighted by Crippen LogP contribution is -3.11. The highest BCUT2D eigenvalue weighted by Gasteiger charge is 2.21. The second kappa shape index (κ2) is 10.5. The number of nitrogens with one attached hydrogen (secondary N) is 2. The molecule has 0 fully saturated rings. The molecule has 2 aromatic heterocycles. The van der Waals surface area contributed by atoms with Crippen LogP contribution in [-0.2, 0) is 6.42 Å². The van der Waals surface area contributed by atoms with Gasteiger partial charge < -0.3 is 10.2 Å². The maximum atomic E-state index is 13.1. The second-order valence-corrected chi connectivity index (χ2v) is 8.26. The Morgan fingerprint density at radius 1 is 1.16 bits per heavy atom.